The van der Waals surface area contributed by atoms with Gasteiger partial charge in [-0.15, -0.1) is 0 Å². The van der Waals surface area contributed by atoms with Gasteiger partial charge in [-0.1, -0.05) is 96.8 Å². The van der Waals surface area contributed by atoms with Crippen molar-refractivity contribution >= 4 is 22.8 Å². The number of hydrogen-bond acceptors (Lipinski definition) is 3. The van der Waals surface area contributed by atoms with Crippen molar-refractivity contribution in [2.45, 2.75) is 107 Å². The molecule has 0 atom stereocenters. The van der Waals surface area contributed by atoms with Gasteiger partial charge in [-0.05, 0) is 85.8 Å². The second kappa shape index (κ2) is 16.7. The number of rotatable bonds is 8. The van der Waals surface area contributed by atoms with E-state index in [-0.39, 0.29) is 43.4 Å². The van der Waals surface area contributed by atoms with E-state index in [0.29, 0.717) is 23.7 Å². The molecule has 0 spiro atoms. The summed E-state index contributed by atoms with van der Waals surface area (Å²) in [6.07, 6.45) is 0. The number of aliphatic imine (C=N–C) groups is 2. The summed E-state index contributed by atoms with van der Waals surface area (Å²) in [7, 11) is 0. The predicted molar refractivity (Wildman–Crippen MR) is 167 cm³/mol. The standard InChI is InChI=1S/C35H47N3.2ClH.V/c1-20(2)28-16-24(9)17-29(21(3)4)34(28)36-26(11)32-14-13-15-33(38-32)27(12)37-35-30(22(5)6)18-25(10)19-31(35)23(7)8;;;/h13-23H,1-12H3;2*1H;/q;;;+2/p-2. The first-order valence-electron chi connectivity index (χ1n) is 14.2. The molecule has 0 fully saturated rings. The van der Waals surface area contributed by atoms with Crippen molar-refractivity contribution in [3.8, 4) is 0 Å². The first-order chi connectivity index (χ1) is 17.8. The Bertz CT molecular complexity index is 1210. The van der Waals surface area contributed by atoms with Crippen molar-refractivity contribution in [3.05, 3.63) is 87.2 Å². The van der Waals surface area contributed by atoms with Gasteiger partial charge in [-0.2, -0.15) is 0 Å². The van der Waals surface area contributed by atoms with Crippen LogP contribution in [0.15, 0.2) is 52.4 Å². The van der Waals surface area contributed by atoms with Crippen molar-refractivity contribution in [2.24, 2.45) is 9.98 Å². The molecule has 0 N–H and O–H groups in total. The van der Waals surface area contributed by atoms with E-state index in [1.807, 2.05) is 0 Å². The summed E-state index contributed by atoms with van der Waals surface area (Å²) in [6.45, 7) is 26.4. The largest absolute Gasteiger partial charge is 2.00 e. The molecular weight excluding hydrogens is 584 g/mol. The third kappa shape index (κ3) is 9.55. The van der Waals surface area contributed by atoms with E-state index < -0.39 is 0 Å². The minimum Gasteiger partial charge on any atom is -1.00 e. The van der Waals surface area contributed by atoms with Crippen LogP contribution in [0.3, 0.4) is 0 Å². The number of nitrogens with zero attached hydrogens (tertiary/aromatic N) is 3. The Balaban J connectivity index is 0.00000533. The summed E-state index contributed by atoms with van der Waals surface area (Å²) in [5.41, 5.74) is 13.6. The van der Waals surface area contributed by atoms with E-state index in [4.69, 9.17) is 15.0 Å². The summed E-state index contributed by atoms with van der Waals surface area (Å²) < 4.78 is 0. The Morgan fingerprint density at radius 2 is 0.829 bits per heavy atom. The zero-order chi connectivity index (χ0) is 28.3. The summed E-state index contributed by atoms with van der Waals surface area (Å²) in [5.74, 6) is 1.58. The van der Waals surface area contributed by atoms with Crippen molar-refractivity contribution in [2.75, 3.05) is 0 Å². The molecule has 1 heterocycles. The average molecular weight is 632 g/mol. The van der Waals surface area contributed by atoms with Crippen molar-refractivity contribution < 1.29 is 43.4 Å². The van der Waals surface area contributed by atoms with Gasteiger partial charge in [0.05, 0.1) is 34.2 Å². The molecular formula is C35H47Cl2N3V. The van der Waals surface area contributed by atoms with E-state index in [1.165, 1.54) is 33.4 Å². The van der Waals surface area contributed by atoms with Crippen LogP contribution in [-0.2, 0) is 18.6 Å². The van der Waals surface area contributed by atoms with Gasteiger partial charge in [0, 0.05) is 0 Å². The van der Waals surface area contributed by atoms with Gasteiger partial charge in [-0.3, -0.25) is 9.98 Å². The SMILES string of the molecule is CC(=Nc1c(C(C)C)cc(C)cc1C(C)C)c1cccc(C(C)=Nc2c(C(C)C)cc(C)cc2C(C)C)n1.[Cl-].[Cl-].[V+2]. The fourth-order valence-corrected chi connectivity index (χ4v) is 4.98. The zero-order valence-corrected chi connectivity index (χ0v) is 29.8. The minimum atomic E-state index is 0. The van der Waals surface area contributed by atoms with Crippen LogP contribution in [0, 0.1) is 13.8 Å². The molecule has 6 heteroatoms. The molecule has 0 saturated carbocycles. The summed E-state index contributed by atoms with van der Waals surface area (Å²) in [5, 5.41) is 0. The molecule has 0 amide bonds. The molecule has 0 unspecified atom stereocenters. The molecule has 3 rings (SSSR count). The number of aromatic nitrogens is 1. The number of hydrogen-bond donors (Lipinski definition) is 0. The smallest absolute Gasteiger partial charge is 1.00 e. The van der Waals surface area contributed by atoms with Crippen LogP contribution in [-0.4, -0.2) is 16.4 Å². The van der Waals surface area contributed by atoms with Crippen molar-refractivity contribution in [3.63, 3.8) is 0 Å². The topological polar surface area (TPSA) is 37.6 Å². The van der Waals surface area contributed by atoms with E-state index in [2.05, 4.69) is 126 Å². The first-order valence-corrected chi connectivity index (χ1v) is 14.2. The van der Waals surface area contributed by atoms with Gasteiger partial charge in [0.25, 0.3) is 0 Å². The number of halogens is 2. The molecule has 1 aromatic heterocycles. The maximum absolute atomic E-state index is 5.20. The van der Waals surface area contributed by atoms with Gasteiger partial charge in [0.15, 0.2) is 0 Å². The van der Waals surface area contributed by atoms with Crippen LogP contribution in [0.25, 0.3) is 0 Å². The molecule has 41 heavy (non-hydrogen) atoms. The molecule has 1 radical (unpaired) electrons. The molecule has 0 bridgehead atoms. The Hall–Kier alpha value is -1.91. The van der Waals surface area contributed by atoms with E-state index >= 15 is 0 Å². The number of benzene rings is 2. The van der Waals surface area contributed by atoms with Gasteiger partial charge < -0.3 is 24.8 Å². The third-order valence-corrected chi connectivity index (χ3v) is 7.16. The Kier molecular flexibility index (Phi) is 15.9. The fourth-order valence-electron chi connectivity index (χ4n) is 4.98. The normalized spacial score (nSPS) is 12.0. The van der Waals surface area contributed by atoms with E-state index in [0.717, 1.165) is 34.2 Å². The molecule has 0 saturated heterocycles. The van der Waals surface area contributed by atoms with Crippen LogP contribution >= 0.6 is 0 Å². The minimum absolute atomic E-state index is 0. The van der Waals surface area contributed by atoms with E-state index in [1.54, 1.807) is 0 Å². The Morgan fingerprint density at radius 1 is 0.561 bits per heavy atom. The molecule has 3 nitrogen and oxygen atoms in total. The second-order valence-electron chi connectivity index (χ2n) is 12.0. The van der Waals surface area contributed by atoms with Crippen molar-refractivity contribution in [1.29, 1.82) is 0 Å². The van der Waals surface area contributed by atoms with Gasteiger partial charge in [0.2, 0.25) is 0 Å². The summed E-state index contributed by atoms with van der Waals surface area (Å²) in [4.78, 5) is 15.4. The predicted octanol–water partition coefficient (Wildman–Crippen LogP) is 4.48. The molecule has 2 aromatic carbocycles. The van der Waals surface area contributed by atoms with Crippen molar-refractivity contribution in [1.82, 2.24) is 4.98 Å². The molecule has 221 valence electrons. The Labute approximate surface area is 273 Å². The van der Waals surface area contributed by atoms with Crippen LogP contribution in [0.2, 0.25) is 0 Å². The van der Waals surface area contributed by atoms with Gasteiger partial charge in [-0.25, -0.2) is 4.98 Å². The van der Waals surface area contributed by atoms with Crippen LogP contribution < -0.4 is 24.8 Å². The molecule has 3 aromatic rings. The van der Waals surface area contributed by atoms with Crippen LogP contribution in [0.5, 0.6) is 0 Å². The number of pyridine rings is 1. The molecule has 0 aliphatic heterocycles. The third-order valence-electron chi connectivity index (χ3n) is 7.16. The number of aryl methyl sites for hydroxylation is 2. The monoisotopic (exact) mass is 630 g/mol. The zero-order valence-electron chi connectivity index (χ0n) is 26.9. The fraction of sp³-hybridized carbons (Fsp3) is 0.457. The van der Waals surface area contributed by atoms with Crippen LogP contribution in [0.1, 0.15) is 138 Å². The maximum atomic E-state index is 5.20. The molecule has 0 aliphatic carbocycles. The van der Waals surface area contributed by atoms with E-state index in [9.17, 15) is 0 Å². The van der Waals surface area contributed by atoms with Gasteiger partial charge >= 0.3 is 18.6 Å². The van der Waals surface area contributed by atoms with Crippen LogP contribution in [0.4, 0.5) is 11.4 Å². The molecule has 0 aliphatic rings. The second-order valence-corrected chi connectivity index (χ2v) is 12.0. The van der Waals surface area contributed by atoms with Gasteiger partial charge in [0.1, 0.15) is 0 Å². The summed E-state index contributed by atoms with van der Waals surface area (Å²) >= 11 is 0. The quantitative estimate of drug-likeness (QED) is 0.338. The first kappa shape index (κ1) is 39.1. The maximum Gasteiger partial charge on any atom is 2.00 e. The average Bonchev–Trinajstić information content (AvgIpc) is 2.84. The summed E-state index contributed by atoms with van der Waals surface area (Å²) in [6, 6.07) is 15.3. The Morgan fingerprint density at radius 3 is 1.07 bits per heavy atom.